The highest BCUT2D eigenvalue weighted by atomic mass is 16.2. The van der Waals surface area contributed by atoms with Crippen LogP contribution in [0.5, 0.6) is 0 Å². The molecule has 1 aromatic heterocycles. The number of fused-ring (bicyclic) bond motifs is 1. The molecule has 0 saturated carbocycles. The van der Waals surface area contributed by atoms with Gasteiger partial charge in [0.2, 0.25) is 5.91 Å². The van der Waals surface area contributed by atoms with Gasteiger partial charge in [-0.05, 0) is 37.8 Å². The molecule has 20 heavy (non-hydrogen) atoms. The van der Waals surface area contributed by atoms with Crippen LogP contribution < -0.4 is 5.32 Å². The Labute approximate surface area is 118 Å². The number of nitrogens with one attached hydrogen (secondary N) is 1. The topological polar surface area (TPSA) is 63.1 Å². The van der Waals surface area contributed by atoms with E-state index in [1.165, 1.54) is 12.7 Å². The van der Waals surface area contributed by atoms with Crippen molar-refractivity contribution in [1.29, 1.82) is 0 Å². The lowest BCUT2D eigenvalue weighted by Gasteiger charge is -2.41. The first kappa shape index (κ1) is 13.3. The second-order valence-electron chi connectivity index (χ2n) is 5.61. The fourth-order valence-electron chi connectivity index (χ4n) is 3.16. The van der Waals surface area contributed by atoms with Crippen molar-refractivity contribution in [2.75, 3.05) is 26.2 Å². The number of nitrogens with zero attached hydrogens (tertiary/aromatic N) is 4. The van der Waals surface area contributed by atoms with Crippen molar-refractivity contribution in [3.63, 3.8) is 0 Å². The van der Waals surface area contributed by atoms with Crippen LogP contribution in [0.25, 0.3) is 0 Å². The van der Waals surface area contributed by atoms with Crippen molar-refractivity contribution in [3.8, 4) is 0 Å². The van der Waals surface area contributed by atoms with Crippen molar-refractivity contribution in [3.05, 3.63) is 24.8 Å². The predicted octanol–water partition coefficient (Wildman–Crippen LogP) is 0.292. The zero-order chi connectivity index (χ0) is 13.8. The minimum absolute atomic E-state index is 0.120. The maximum atomic E-state index is 12.2. The summed E-state index contributed by atoms with van der Waals surface area (Å²) in [4.78, 5) is 18.0. The lowest BCUT2D eigenvalue weighted by Crippen LogP contribution is -2.49. The van der Waals surface area contributed by atoms with E-state index in [4.69, 9.17) is 0 Å². The van der Waals surface area contributed by atoms with E-state index in [1.54, 1.807) is 17.1 Å². The van der Waals surface area contributed by atoms with Crippen LogP contribution in [0.2, 0.25) is 0 Å². The molecule has 0 bridgehead atoms. The van der Waals surface area contributed by atoms with E-state index >= 15 is 0 Å². The van der Waals surface area contributed by atoms with Gasteiger partial charge in [0, 0.05) is 19.2 Å². The molecule has 1 aromatic rings. The summed E-state index contributed by atoms with van der Waals surface area (Å²) in [5.41, 5.74) is 0. The first-order chi connectivity index (χ1) is 9.83. The Hall–Kier alpha value is -1.69. The van der Waals surface area contributed by atoms with Crippen LogP contribution in [0.1, 0.15) is 12.8 Å². The minimum Gasteiger partial charge on any atom is -0.339 e. The normalized spacial score (nSPS) is 26.7. The van der Waals surface area contributed by atoms with Gasteiger partial charge in [0.15, 0.2) is 0 Å². The van der Waals surface area contributed by atoms with E-state index in [0.29, 0.717) is 12.5 Å². The van der Waals surface area contributed by atoms with Crippen LogP contribution in [0.4, 0.5) is 0 Å². The maximum Gasteiger partial charge on any atom is 0.246 e. The Balaban J connectivity index is 1.51. The van der Waals surface area contributed by atoms with Crippen LogP contribution in [-0.4, -0.2) is 51.8 Å². The zero-order valence-electron chi connectivity index (χ0n) is 11.6. The van der Waals surface area contributed by atoms with Gasteiger partial charge < -0.3 is 10.2 Å². The molecule has 108 valence electrons. The number of amides is 1. The summed E-state index contributed by atoms with van der Waals surface area (Å²) in [6.07, 6.45) is 9.06. The number of rotatable bonds is 3. The third kappa shape index (κ3) is 3.07. The second-order valence-corrected chi connectivity index (χ2v) is 5.61. The van der Waals surface area contributed by atoms with E-state index in [1.807, 2.05) is 11.0 Å². The lowest BCUT2D eigenvalue weighted by atomic mass is 9.81. The van der Waals surface area contributed by atoms with Crippen LogP contribution in [0.15, 0.2) is 24.8 Å². The fourth-order valence-corrected chi connectivity index (χ4v) is 3.16. The van der Waals surface area contributed by atoms with Crippen molar-refractivity contribution < 1.29 is 4.79 Å². The third-order valence-electron chi connectivity index (χ3n) is 4.32. The molecule has 3 heterocycles. The number of carbonyl (C=O) groups is 1. The Morgan fingerprint density at radius 3 is 3.20 bits per heavy atom. The van der Waals surface area contributed by atoms with E-state index in [9.17, 15) is 4.79 Å². The predicted molar refractivity (Wildman–Crippen MR) is 74.8 cm³/mol. The SMILES string of the molecule is O=C(/C=C/Cn1cncn1)N1CCC2CCNCC2C1. The van der Waals surface area contributed by atoms with Gasteiger partial charge in [-0.15, -0.1) is 0 Å². The highest BCUT2D eigenvalue weighted by Crippen LogP contribution is 2.28. The van der Waals surface area contributed by atoms with Crippen LogP contribution in [0, 0.1) is 11.8 Å². The number of aromatic nitrogens is 3. The van der Waals surface area contributed by atoms with Crippen LogP contribution in [0.3, 0.4) is 0 Å². The smallest absolute Gasteiger partial charge is 0.246 e. The second kappa shape index (κ2) is 6.17. The van der Waals surface area contributed by atoms with Crippen molar-refractivity contribution >= 4 is 5.91 Å². The molecular formula is C14H21N5O. The van der Waals surface area contributed by atoms with E-state index in [0.717, 1.165) is 38.5 Å². The molecule has 0 spiro atoms. The van der Waals surface area contributed by atoms with Crippen molar-refractivity contribution in [2.45, 2.75) is 19.4 Å². The Morgan fingerprint density at radius 2 is 2.35 bits per heavy atom. The van der Waals surface area contributed by atoms with Gasteiger partial charge in [-0.2, -0.15) is 5.10 Å². The Morgan fingerprint density at radius 1 is 1.40 bits per heavy atom. The summed E-state index contributed by atoms with van der Waals surface area (Å²) >= 11 is 0. The number of carbonyl (C=O) groups excluding carboxylic acids is 1. The molecule has 6 heteroatoms. The highest BCUT2D eigenvalue weighted by molar-refractivity contribution is 5.87. The number of likely N-dealkylation sites (tertiary alicyclic amines) is 1. The molecule has 2 saturated heterocycles. The van der Waals surface area contributed by atoms with Gasteiger partial charge in [-0.3, -0.25) is 4.79 Å². The molecular weight excluding hydrogens is 254 g/mol. The molecule has 2 atom stereocenters. The quantitative estimate of drug-likeness (QED) is 0.806. The van der Waals surface area contributed by atoms with E-state index in [-0.39, 0.29) is 5.91 Å². The van der Waals surface area contributed by atoms with Crippen molar-refractivity contribution in [2.24, 2.45) is 11.8 Å². The zero-order valence-corrected chi connectivity index (χ0v) is 11.6. The molecule has 1 N–H and O–H groups in total. The van der Waals surface area contributed by atoms with Gasteiger partial charge in [-0.25, -0.2) is 9.67 Å². The summed E-state index contributed by atoms with van der Waals surface area (Å²) in [7, 11) is 0. The summed E-state index contributed by atoms with van der Waals surface area (Å²) in [5, 5.41) is 7.43. The standard InChI is InChI=1S/C14H21N5O/c20-14(2-1-6-19-11-16-10-17-19)18-7-4-12-3-5-15-8-13(12)9-18/h1-2,10-13,15H,3-9H2/b2-1+. The molecule has 0 aliphatic carbocycles. The van der Waals surface area contributed by atoms with Crippen molar-refractivity contribution in [1.82, 2.24) is 25.0 Å². The lowest BCUT2D eigenvalue weighted by molar-refractivity contribution is -0.128. The molecule has 2 aliphatic rings. The summed E-state index contributed by atoms with van der Waals surface area (Å²) in [5.74, 6) is 1.55. The maximum absolute atomic E-state index is 12.2. The average molecular weight is 275 g/mol. The molecule has 0 radical (unpaired) electrons. The van der Waals surface area contributed by atoms with Gasteiger partial charge in [0.1, 0.15) is 12.7 Å². The monoisotopic (exact) mass is 275 g/mol. The molecule has 6 nitrogen and oxygen atoms in total. The molecule has 2 unspecified atom stereocenters. The fraction of sp³-hybridized carbons (Fsp3) is 0.643. The Kier molecular flexibility index (Phi) is 4.11. The first-order valence-corrected chi connectivity index (χ1v) is 7.31. The van der Waals surface area contributed by atoms with Gasteiger partial charge in [-0.1, -0.05) is 6.08 Å². The van der Waals surface area contributed by atoms with Crippen LogP contribution >= 0.6 is 0 Å². The van der Waals surface area contributed by atoms with Gasteiger partial charge in [0.05, 0.1) is 6.54 Å². The van der Waals surface area contributed by atoms with Crippen LogP contribution in [-0.2, 0) is 11.3 Å². The molecule has 2 aliphatic heterocycles. The van der Waals surface area contributed by atoms with E-state index in [2.05, 4.69) is 15.4 Å². The number of hydrogen-bond acceptors (Lipinski definition) is 4. The highest BCUT2D eigenvalue weighted by Gasteiger charge is 2.32. The van der Waals surface area contributed by atoms with Gasteiger partial charge in [0.25, 0.3) is 0 Å². The number of allylic oxidation sites excluding steroid dienone is 1. The Bertz CT molecular complexity index is 470. The summed E-state index contributed by atoms with van der Waals surface area (Å²) < 4.78 is 1.70. The summed E-state index contributed by atoms with van der Waals surface area (Å²) in [6, 6.07) is 0. The first-order valence-electron chi connectivity index (χ1n) is 7.31. The van der Waals surface area contributed by atoms with E-state index < -0.39 is 0 Å². The molecule has 2 fully saturated rings. The summed E-state index contributed by atoms with van der Waals surface area (Å²) in [6.45, 7) is 4.56. The number of piperidine rings is 2. The third-order valence-corrected chi connectivity index (χ3v) is 4.32. The average Bonchev–Trinajstić information content (AvgIpc) is 3.00. The number of hydrogen-bond donors (Lipinski definition) is 1. The minimum atomic E-state index is 0.120. The molecule has 1 amide bonds. The van der Waals surface area contributed by atoms with Gasteiger partial charge >= 0.3 is 0 Å². The molecule has 0 aromatic carbocycles. The molecule has 3 rings (SSSR count). The largest absolute Gasteiger partial charge is 0.339 e.